The van der Waals surface area contributed by atoms with Gasteiger partial charge >= 0.3 is 0 Å². The highest BCUT2D eigenvalue weighted by Gasteiger charge is 2.26. The number of aromatic nitrogens is 4. The second-order valence-electron chi connectivity index (χ2n) is 6.58. The van der Waals surface area contributed by atoms with Crippen LogP contribution < -0.4 is 10.2 Å². The molecule has 0 saturated carbocycles. The van der Waals surface area contributed by atoms with Crippen molar-refractivity contribution in [2.45, 2.75) is 12.8 Å². The molecule has 0 atom stereocenters. The Morgan fingerprint density at radius 3 is 2.57 bits per heavy atom. The molecule has 4 rings (SSSR count). The van der Waals surface area contributed by atoms with Gasteiger partial charge in [-0.15, -0.1) is 0 Å². The number of nitrogens with one attached hydrogen (secondary N) is 1. The Hall–Kier alpha value is -2.64. The number of carbonyl (C=O) groups excluding carboxylic acids is 1. The average Bonchev–Trinajstić information content (AvgIpc) is 3.26. The molecule has 1 amide bonds. The molecule has 0 radical (unpaired) electrons. The van der Waals surface area contributed by atoms with E-state index in [0.29, 0.717) is 15.7 Å². The number of benzene rings is 1. The molecule has 1 aliphatic heterocycles. The summed E-state index contributed by atoms with van der Waals surface area (Å²) < 4.78 is 1.84. The molecule has 1 fully saturated rings. The van der Waals surface area contributed by atoms with E-state index in [4.69, 9.17) is 23.2 Å². The van der Waals surface area contributed by atoms with E-state index in [0.717, 1.165) is 37.6 Å². The fourth-order valence-electron chi connectivity index (χ4n) is 3.23. The molecule has 3 aromatic rings. The van der Waals surface area contributed by atoms with Gasteiger partial charge in [0.2, 0.25) is 5.91 Å². The van der Waals surface area contributed by atoms with Crippen LogP contribution in [0, 0.1) is 5.92 Å². The first kappa shape index (κ1) is 18.7. The molecule has 144 valence electrons. The molecule has 2 aromatic heterocycles. The number of hydrogen-bond acceptors (Lipinski definition) is 5. The van der Waals surface area contributed by atoms with Crippen molar-refractivity contribution >= 4 is 40.6 Å². The molecule has 0 bridgehead atoms. The Labute approximate surface area is 172 Å². The molecule has 0 unspecified atom stereocenters. The summed E-state index contributed by atoms with van der Waals surface area (Å²) in [4.78, 5) is 27.5. The number of rotatable bonds is 4. The second kappa shape index (κ2) is 8.16. The maximum Gasteiger partial charge on any atom is 0.227 e. The van der Waals surface area contributed by atoms with Crippen molar-refractivity contribution in [2.75, 3.05) is 23.3 Å². The summed E-state index contributed by atoms with van der Waals surface area (Å²) in [5.74, 6) is 1.56. The molecule has 7 nitrogen and oxygen atoms in total. The van der Waals surface area contributed by atoms with Gasteiger partial charge < -0.3 is 10.2 Å². The monoisotopic (exact) mass is 416 g/mol. The van der Waals surface area contributed by atoms with Crippen molar-refractivity contribution < 1.29 is 4.79 Å². The topological polar surface area (TPSA) is 75.9 Å². The summed E-state index contributed by atoms with van der Waals surface area (Å²) in [6, 6.07) is 7.02. The van der Waals surface area contributed by atoms with Crippen molar-refractivity contribution in [1.82, 2.24) is 19.5 Å². The average molecular weight is 417 g/mol. The zero-order chi connectivity index (χ0) is 19.5. The van der Waals surface area contributed by atoms with E-state index in [-0.39, 0.29) is 11.8 Å². The zero-order valence-corrected chi connectivity index (χ0v) is 16.4. The van der Waals surface area contributed by atoms with Gasteiger partial charge in [-0.3, -0.25) is 9.36 Å². The number of carbonyl (C=O) groups is 1. The van der Waals surface area contributed by atoms with E-state index >= 15 is 0 Å². The van der Waals surface area contributed by atoms with Crippen LogP contribution in [-0.4, -0.2) is 38.5 Å². The Morgan fingerprint density at radius 2 is 1.86 bits per heavy atom. The van der Waals surface area contributed by atoms with Gasteiger partial charge in [0.15, 0.2) is 0 Å². The van der Waals surface area contributed by atoms with Crippen LogP contribution in [0.15, 0.2) is 49.3 Å². The predicted octanol–water partition coefficient (Wildman–Crippen LogP) is 3.82. The Balaban J connectivity index is 1.37. The van der Waals surface area contributed by atoms with E-state index in [1.807, 2.05) is 16.8 Å². The highest BCUT2D eigenvalue weighted by Crippen LogP contribution is 2.27. The molecule has 1 N–H and O–H groups in total. The van der Waals surface area contributed by atoms with Crippen LogP contribution in [0.25, 0.3) is 5.82 Å². The Morgan fingerprint density at radius 1 is 1.07 bits per heavy atom. The smallest absolute Gasteiger partial charge is 0.227 e. The van der Waals surface area contributed by atoms with Crippen molar-refractivity contribution in [3.05, 3.63) is 59.4 Å². The fourth-order valence-corrected chi connectivity index (χ4v) is 3.53. The summed E-state index contributed by atoms with van der Waals surface area (Å²) in [5, 5.41) is 3.81. The van der Waals surface area contributed by atoms with Crippen LogP contribution in [-0.2, 0) is 4.79 Å². The number of piperidine rings is 1. The van der Waals surface area contributed by atoms with Crippen LogP contribution >= 0.6 is 23.2 Å². The largest absolute Gasteiger partial charge is 0.356 e. The number of amides is 1. The highest BCUT2D eigenvalue weighted by molar-refractivity contribution is 6.42. The molecule has 28 heavy (non-hydrogen) atoms. The van der Waals surface area contributed by atoms with Crippen molar-refractivity contribution in [2.24, 2.45) is 5.92 Å². The van der Waals surface area contributed by atoms with Crippen LogP contribution in [0.5, 0.6) is 0 Å². The minimum atomic E-state index is -0.0549. The number of hydrogen-bond donors (Lipinski definition) is 1. The molecular formula is C19H18Cl2N6O. The van der Waals surface area contributed by atoms with E-state index in [1.54, 1.807) is 37.1 Å². The molecule has 1 saturated heterocycles. The third-order valence-electron chi connectivity index (χ3n) is 4.78. The van der Waals surface area contributed by atoms with Crippen LogP contribution in [0.2, 0.25) is 10.0 Å². The summed E-state index contributed by atoms with van der Waals surface area (Å²) in [6.07, 6.45) is 8.29. The third kappa shape index (κ3) is 4.10. The first-order valence-corrected chi connectivity index (χ1v) is 9.67. The van der Waals surface area contributed by atoms with Crippen LogP contribution in [0.4, 0.5) is 11.5 Å². The van der Waals surface area contributed by atoms with E-state index in [9.17, 15) is 4.79 Å². The number of imidazole rings is 1. The highest BCUT2D eigenvalue weighted by atomic mass is 35.5. The summed E-state index contributed by atoms with van der Waals surface area (Å²) in [5.41, 5.74) is 0.655. The van der Waals surface area contributed by atoms with E-state index in [2.05, 4.69) is 25.2 Å². The fraction of sp³-hybridized carbons (Fsp3) is 0.263. The number of nitrogens with zero attached hydrogens (tertiary/aromatic N) is 5. The van der Waals surface area contributed by atoms with Crippen molar-refractivity contribution in [1.29, 1.82) is 0 Å². The van der Waals surface area contributed by atoms with Gasteiger partial charge in [-0.1, -0.05) is 23.2 Å². The maximum atomic E-state index is 12.6. The maximum absolute atomic E-state index is 12.6. The minimum absolute atomic E-state index is 0.000156. The van der Waals surface area contributed by atoms with Gasteiger partial charge in [-0.05, 0) is 31.0 Å². The zero-order valence-electron chi connectivity index (χ0n) is 14.9. The van der Waals surface area contributed by atoms with Crippen molar-refractivity contribution in [3.8, 4) is 5.82 Å². The molecular weight excluding hydrogens is 399 g/mol. The molecule has 3 heterocycles. The van der Waals surface area contributed by atoms with Crippen molar-refractivity contribution in [3.63, 3.8) is 0 Å². The Kier molecular flexibility index (Phi) is 5.45. The predicted molar refractivity (Wildman–Crippen MR) is 109 cm³/mol. The van der Waals surface area contributed by atoms with Gasteiger partial charge in [0, 0.05) is 43.2 Å². The van der Waals surface area contributed by atoms with Gasteiger partial charge in [0.25, 0.3) is 0 Å². The Bertz CT molecular complexity index is 970. The summed E-state index contributed by atoms with van der Waals surface area (Å²) in [6.45, 7) is 1.50. The van der Waals surface area contributed by atoms with Gasteiger partial charge in [-0.2, -0.15) is 0 Å². The molecule has 9 heteroatoms. The first-order chi connectivity index (χ1) is 13.6. The van der Waals surface area contributed by atoms with Crippen LogP contribution in [0.3, 0.4) is 0 Å². The van der Waals surface area contributed by atoms with Gasteiger partial charge in [0.1, 0.15) is 24.3 Å². The van der Waals surface area contributed by atoms with Gasteiger partial charge in [-0.25, -0.2) is 15.0 Å². The number of anilines is 2. The molecule has 1 aromatic carbocycles. The van der Waals surface area contributed by atoms with Crippen LogP contribution in [0.1, 0.15) is 12.8 Å². The molecule has 1 aliphatic rings. The standard InChI is InChI=1S/C19H18Cl2N6O/c20-15-2-1-14(9-16(15)21)25-19(28)13-3-6-26(7-4-13)17-10-18(24-11-23-17)27-8-5-22-12-27/h1-2,5,8-13H,3-4,6-7H2,(H,25,28). The normalized spacial score (nSPS) is 14.9. The summed E-state index contributed by atoms with van der Waals surface area (Å²) in [7, 11) is 0. The molecule has 0 spiro atoms. The lowest BCUT2D eigenvalue weighted by molar-refractivity contribution is -0.120. The third-order valence-corrected chi connectivity index (χ3v) is 5.52. The minimum Gasteiger partial charge on any atom is -0.356 e. The van der Waals surface area contributed by atoms with E-state index < -0.39 is 0 Å². The SMILES string of the molecule is O=C(Nc1ccc(Cl)c(Cl)c1)C1CCN(c2cc(-n3ccnc3)ncn2)CC1. The lowest BCUT2D eigenvalue weighted by atomic mass is 9.96. The van der Waals surface area contributed by atoms with Gasteiger partial charge in [0.05, 0.1) is 10.0 Å². The second-order valence-corrected chi connectivity index (χ2v) is 7.40. The number of halogens is 2. The lowest BCUT2D eigenvalue weighted by Crippen LogP contribution is -2.38. The first-order valence-electron chi connectivity index (χ1n) is 8.91. The quantitative estimate of drug-likeness (QED) is 0.699. The lowest BCUT2D eigenvalue weighted by Gasteiger charge is -2.32. The summed E-state index contributed by atoms with van der Waals surface area (Å²) >= 11 is 11.9. The van der Waals surface area contributed by atoms with E-state index in [1.165, 1.54) is 0 Å². The molecule has 0 aliphatic carbocycles.